The van der Waals surface area contributed by atoms with Gasteiger partial charge in [-0.3, -0.25) is 4.31 Å². The molecule has 2 aromatic rings. The number of sulfonamides is 1. The number of anilines is 1. The Bertz CT molecular complexity index is 745. The standard InChI is InChI=1S/C14H12Cl3NO2S/c1-2-18(13-5-3-4-12(16)14(13)17)21(19,20)11-8-6-10(15)7-9-11/h3-9H,2H2,1H3. The Hall–Kier alpha value is -0.940. The molecule has 0 radical (unpaired) electrons. The Labute approximate surface area is 139 Å². The molecule has 0 aliphatic rings. The largest absolute Gasteiger partial charge is 0.265 e. The molecule has 0 saturated carbocycles. The molecule has 0 spiro atoms. The summed E-state index contributed by atoms with van der Waals surface area (Å²) >= 11 is 17.9. The molecule has 0 heterocycles. The van der Waals surface area contributed by atoms with Crippen LogP contribution in [0, 0.1) is 0 Å². The molecular formula is C14H12Cl3NO2S. The smallest absolute Gasteiger partial charge is 0.264 e. The number of hydrogen-bond donors (Lipinski definition) is 0. The van der Waals surface area contributed by atoms with E-state index in [2.05, 4.69) is 0 Å². The van der Waals surface area contributed by atoms with Crippen molar-refractivity contribution in [1.82, 2.24) is 0 Å². The van der Waals surface area contributed by atoms with Gasteiger partial charge in [-0.05, 0) is 43.3 Å². The Kier molecular flexibility index (Phi) is 5.04. The summed E-state index contributed by atoms with van der Waals surface area (Å²) in [6.45, 7) is 1.95. The van der Waals surface area contributed by atoms with Crippen molar-refractivity contribution >= 4 is 50.5 Å². The van der Waals surface area contributed by atoms with Gasteiger partial charge in [0, 0.05) is 11.6 Å². The number of halogens is 3. The van der Waals surface area contributed by atoms with E-state index >= 15 is 0 Å². The van der Waals surface area contributed by atoms with Crippen molar-refractivity contribution in [3.8, 4) is 0 Å². The zero-order valence-electron chi connectivity index (χ0n) is 11.1. The first-order chi connectivity index (χ1) is 9.87. The van der Waals surface area contributed by atoms with Gasteiger partial charge < -0.3 is 0 Å². The maximum atomic E-state index is 12.7. The minimum atomic E-state index is -3.73. The first-order valence-electron chi connectivity index (χ1n) is 6.10. The summed E-state index contributed by atoms with van der Waals surface area (Å²) in [5.74, 6) is 0. The van der Waals surface area contributed by atoms with Gasteiger partial charge in [0.05, 0.1) is 20.6 Å². The maximum absolute atomic E-state index is 12.7. The molecule has 0 aliphatic heterocycles. The minimum Gasteiger partial charge on any atom is -0.265 e. The SMILES string of the molecule is CCN(c1cccc(Cl)c1Cl)S(=O)(=O)c1ccc(Cl)cc1. The van der Waals surface area contributed by atoms with Gasteiger partial charge in [0.15, 0.2) is 0 Å². The van der Waals surface area contributed by atoms with E-state index in [0.717, 1.165) is 0 Å². The zero-order valence-corrected chi connectivity index (χ0v) is 14.1. The third kappa shape index (κ3) is 3.29. The molecule has 7 heteroatoms. The molecule has 21 heavy (non-hydrogen) atoms. The Morgan fingerprint density at radius 2 is 1.62 bits per heavy atom. The zero-order chi connectivity index (χ0) is 15.6. The molecule has 2 aromatic carbocycles. The molecule has 0 bridgehead atoms. The summed E-state index contributed by atoms with van der Waals surface area (Å²) in [7, 11) is -3.73. The summed E-state index contributed by atoms with van der Waals surface area (Å²) in [5.41, 5.74) is 0.349. The Balaban J connectivity index is 2.54. The third-order valence-electron chi connectivity index (χ3n) is 2.89. The van der Waals surface area contributed by atoms with Gasteiger partial charge in [-0.1, -0.05) is 40.9 Å². The fourth-order valence-corrected chi connectivity index (χ4v) is 3.95. The lowest BCUT2D eigenvalue weighted by Gasteiger charge is -2.24. The van der Waals surface area contributed by atoms with Crippen LogP contribution in [0.3, 0.4) is 0 Å². The number of rotatable bonds is 4. The molecule has 0 atom stereocenters. The van der Waals surface area contributed by atoms with Crippen molar-refractivity contribution < 1.29 is 8.42 Å². The molecule has 0 amide bonds. The number of benzene rings is 2. The quantitative estimate of drug-likeness (QED) is 0.776. The lowest BCUT2D eigenvalue weighted by molar-refractivity contribution is 0.592. The van der Waals surface area contributed by atoms with Gasteiger partial charge in [0.2, 0.25) is 0 Å². The summed E-state index contributed by atoms with van der Waals surface area (Å²) < 4.78 is 26.7. The first kappa shape index (κ1) is 16.4. The Morgan fingerprint density at radius 3 is 2.19 bits per heavy atom. The van der Waals surface area contributed by atoms with Gasteiger partial charge in [0.25, 0.3) is 10.0 Å². The van der Waals surface area contributed by atoms with Crippen molar-refractivity contribution in [1.29, 1.82) is 0 Å². The van der Waals surface area contributed by atoms with E-state index in [0.29, 0.717) is 15.7 Å². The van der Waals surface area contributed by atoms with E-state index in [1.54, 1.807) is 25.1 Å². The topological polar surface area (TPSA) is 37.4 Å². The highest BCUT2D eigenvalue weighted by molar-refractivity contribution is 7.92. The van der Waals surface area contributed by atoms with Crippen LogP contribution in [0.1, 0.15) is 6.92 Å². The lowest BCUT2D eigenvalue weighted by Crippen LogP contribution is -2.31. The van der Waals surface area contributed by atoms with Gasteiger partial charge in [-0.25, -0.2) is 8.42 Å². The van der Waals surface area contributed by atoms with E-state index < -0.39 is 10.0 Å². The normalized spacial score (nSPS) is 11.4. The van der Waals surface area contributed by atoms with Crippen molar-refractivity contribution in [3.63, 3.8) is 0 Å². The second-order valence-corrected chi connectivity index (χ2v) is 7.28. The second-order valence-electron chi connectivity index (χ2n) is 4.20. The molecule has 2 rings (SSSR count). The highest BCUT2D eigenvalue weighted by Gasteiger charge is 2.25. The fraction of sp³-hybridized carbons (Fsp3) is 0.143. The predicted molar refractivity (Wildman–Crippen MR) is 88.1 cm³/mol. The van der Waals surface area contributed by atoms with Crippen LogP contribution in [0.2, 0.25) is 15.1 Å². The highest BCUT2D eigenvalue weighted by Crippen LogP contribution is 2.35. The van der Waals surface area contributed by atoms with E-state index in [-0.39, 0.29) is 16.5 Å². The average Bonchev–Trinajstić information content (AvgIpc) is 2.44. The molecule has 112 valence electrons. The van der Waals surface area contributed by atoms with E-state index in [9.17, 15) is 8.42 Å². The van der Waals surface area contributed by atoms with E-state index in [4.69, 9.17) is 34.8 Å². The molecular weight excluding hydrogens is 353 g/mol. The van der Waals surface area contributed by atoms with Crippen molar-refractivity contribution in [2.75, 3.05) is 10.8 Å². The third-order valence-corrected chi connectivity index (χ3v) is 5.85. The van der Waals surface area contributed by atoms with Crippen LogP contribution >= 0.6 is 34.8 Å². The first-order valence-corrected chi connectivity index (χ1v) is 8.67. The molecule has 0 saturated heterocycles. The molecule has 0 aromatic heterocycles. The fourth-order valence-electron chi connectivity index (χ4n) is 1.89. The number of hydrogen-bond acceptors (Lipinski definition) is 2. The van der Waals surface area contributed by atoms with Crippen molar-refractivity contribution in [2.24, 2.45) is 0 Å². The van der Waals surface area contributed by atoms with Gasteiger partial charge >= 0.3 is 0 Å². The monoisotopic (exact) mass is 363 g/mol. The van der Waals surface area contributed by atoms with Crippen LogP contribution in [-0.4, -0.2) is 15.0 Å². The Morgan fingerprint density at radius 1 is 1.00 bits per heavy atom. The summed E-state index contributed by atoms with van der Waals surface area (Å²) in [5, 5.41) is 0.982. The molecule has 0 N–H and O–H groups in total. The molecule has 0 aliphatic carbocycles. The summed E-state index contributed by atoms with van der Waals surface area (Å²) in [6, 6.07) is 10.9. The van der Waals surface area contributed by atoms with Gasteiger partial charge in [0.1, 0.15) is 0 Å². The van der Waals surface area contributed by atoms with E-state index in [1.807, 2.05) is 0 Å². The molecule has 0 unspecified atom stereocenters. The minimum absolute atomic E-state index is 0.143. The summed E-state index contributed by atoms with van der Waals surface area (Å²) in [4.78, 5) is 0.143. The van der Waals surface area contributed by atoms with E-state index in [1.165, 1.54) is 28.6 Å². The lowest BCUT2D eigenvalue weighted by atomic mass is 10.3. The van der Waals surface area contributed by atoms with Crippen LogP contribution in [-0.2, 0) is 10.0 Å². The van der Waals surface area contributed by atoms with Crippen molar-refractivity contribution in [3.05, 3.63) is 57.5 Å². The van der Waals surface area contributed by atoms with Crippen LogP contribution in [0.4, 0.5) is 5.69 Å². The second kappa shape index (κ2) is 6.44. The van der Waals surface area contributed by atoms with Crippen molar-refractivity contribution in [2.45, 2.75) is 11.8 Å². The van der Waals surface area contributed by atoms with Crippen LogP contribution < -0.4 is 4.31 Å². The number of nitrogens with zero attached hydrogens (tertiary/aromatic N) is 1. The average molecular weight is 365 g/mol. The maximum Gasteiger partial charge on any atom is 0.264 e. The molecule has 0 fully saturated rings. The predicted octanol–water partition coefficient (Wildman–Crippen LogP) is 4.86. The van der Waals surface area contributed by atoms with Crippen LogP contribution in [0.5, 0.6) is 0 Å². The summed E-state index contributed by atoms with van der Waals surface area (Å²) in [6.07, 6.45) is 0. The van der Waals surface area contributed by atoms with Crippen LogP contribution in [0.25, 0.3) is 0 Å². The highest BCUT2D eigenvalue weighted by atomic mass is 35.5. The van der Waals surface area contributed by atoms with Gasteiger partial charge in [-0.15, -0.1) is 0 Å². The van der Waals surface area contributed by atoms with Crippen LogP contribution in [0.15, 0.2) is 47.4 Å². The molecule has 3 nitrogen and oxygen atoms in total. The van der Waals surface area contributed by atoms with Gasteiger partial charge in [-0.2, -0.15) is 0 Å².